The van der Waals surface area contributed by atoms with Gasteiger partial charge in [-0.2, -0.15) is 0 Å². The second kappa shape index (κ2) is 5.07. The number of thioether (sulfide) groups is 1. The Morgan fingerprint density at radius 2 is 2.05 bits per heavy atom. The molecule has 2 saturated carbocycles. The summed E-state index contributed by atoms with van der Waals surface area (Å²) < 4.78 is 0. The van der Waals surface area contributed by atoms with Gasteiger partial charge in [0.2, 0.25) is 0 Å². The summed E-state index contributed by atoms with van der Waals surface area (Å²) in [6, 6.07) is 10.5. The number of Topliss-reactive ketones (excluding diaryl/α,β-unsaturated/α-hetero) is 1. The van der Waals surface area contributed by atoms with E-state index in [-0.39, 0.29) is 11.3 Å². The highest BCUT2D eigenvalue weighted by Gasteiger charge is 2.65. The molecule has 0 saturated heterocycles. The largest absolute Gasteiger partial charge is 0.298 e. The summed E-state index contributed by atoms with van der Waals surface area (Å²) in [6.45, 7) is 8.47. The Labute approximate surface area is 125 Å². The minimum absolute atomic E-state index is 0.229. The molecular formula is C18H22OS. The van der Waals surface area contributed by atoms with Crippen molar-refractivity contribution in [3.8, 4) is 0 Å². The second-order valence-corrected chi connectivity index (χ2v) is 7.65. The summed E-state index contributed by atoms with van der Waals surface area (Å²) in [5.74, 6) is 1.81. The molecule has 2 aliphatic rings. The number of hydrogen-bond donors (Lipinski definition) is 0. The molecule has 0 radical (unpaired) electrons. The monoisotopic (exact) mass is 286 g/mol. The number of fused-ring (bicyclic) bond motifs is 2. The summed E-state index contributed by atoms with van der Waals surface area (Å²) in [7, 11) is 0. The van der Waals surface area contributed by atoms with Crippen molar-refractivity contribution in [3.63, 3.8) is 0 Å². The Morgan fingerprint density at radius 3 is 2.60 bits per heavy atom. The minimum atomic E-state index is -0.253. The molecule has 2 bridgehead atoms. The maximum absolute atomic E-state index is 12.6. The van der Waals surface area contributed by atoms with E-state index in [2.05, 4.69) is 44.7 Å². The first-order valence-electron chi connectivity index (χ1n) is 7.50. The zero-order valence-corrected chi connectivity index (χ0v) is 13.0. The molecule has 1 aromatic carbocycles. The van der Waals surface area contributed by atoms with Gasteiger partial charge in [0.15, 0.2) is 0 Å². The third-order valence-corrected chi connectivity index (χ3v) is 6.69. The van der Waals surface area contributed by atoms with Crippen molar-refractivity contribution >= 4 is 17.5 Å². The average Bonchev–Trinajstić information content (AvgIpc) is 2.48. The van der Waals surface area contributed by atoms with Gasteiger partial charge in [0.25, 0.3) is 0 Å². The summed E-state index contributed by atoms with van der Waals surface area (Å²) in [5.41, 5.74) is -0.253. The van der Waals surface area contributed by atoms with Gasteiger partial charge in [0, 0.05) is 16.1 Å². The van der Waals surface area contributed by atoms with Gasteiger partial charge in [-0.05, 0) is 36.8 Å². The summed E-state index contributed by atoms with van der Waals surface area (Å²) in [6.07, 6.45) is 4.09. The van der Waals surface area contributed by atoms with Gasteiger partial charge in [0.1, 0.15) is 5.78 Å². The Morgan fingerprint density at radius 1 is 1.35 bits per heavy atom. The fourth-order valence-electron chi connectivity index (χ4n) is 3.97. The van der Waals surface area contributed by atoms with Gasteiger partial charge in [0.05, 0.1) is 5.41 Å². The van der Waals surface area contributed by atoms with Crippen LogP contribution in [0.4, 0.5) is 0 Å². The molecule has 106 valence electrons. The van der Waals surface area contributed by atoms with Crippen molar-refractivity contribution in [1.82, 2.24) is 0 Å². The Kier molecular flexibility index (Phi) is 3.53. The molecule has 4 atom stereocenters. The summed E-state index contributed by atoms with van der Waals surface area (Å²) in [4.78, 5) is 13.9. The Balaban J connectivity index is 1.88. The molecule has 3 rings (SSSR count). The minimum Gasteiger partial charge on any atom is -0.298 e. The highest BCUT2D eigenvalue weighted by Crippen LogP contribution is 2.62. The zero-order chi connectivity index (χ0) is 14.3. The van der Waals surface area contributed by atoms with E-state index in [0.29, 0.717) is 22.9 Å². The molecule has 0 unspecified atom stereocenters. The molecule has 2 aliphatic carbocycles. The maximum Gasteiger partial charge on any atom is 0.148 e. The molecule has 0 N–H and O–H groups in total. The van der Waals surface area contributed by atoms with Gasteiger partial charge < -0.3 is 0 Å². The number of benzene rings is 1. The number of ketones is 1. The lowest BCUT2D eigenvalue weighted by Gasteiger charge is -2.59. The highest BCUT2D eigenvalue weighted by molar-refractivity contribution is 8.00. The van der Waals surface area contributed by atoms with Crippen LogP contribution in [-0.4, -0.2) is 11.0 Å². The number of hydrogen-bond acceptors (Lipinski definition) is 2. The van der Waals surface area contributed by atoms with Crippen LogP contribution in [0.2, 0.25) is 0 Å². The lowest BCUT2D eigenvalue weighted by Crippen LogP contribution is -2.65. The number of carbonyl (C=O) groups is 1. The molecule has 0 heterocycles. The molecule has 1 nitrogen and oxygen atoms in total. The standard InChI is InChI=1S/C18H22OS/c1-4-18-11-10-14(12(2)3)15(16(18)19)17(18)20-13-8-6-5-7-9-13/h4-9,12,14-15,17H,1,10-11H2,2-3H3/t14-,15-,17+,18+/m0/s1. The van der Waals surface area contributed by atoms with Crippen LogP contribution in [-0.2, 0) is 4.79 Å². The first-order chi connectivity index (χ1) is 9.60. The lowest BCUT2D eigenvalue weighted by molar-refractivity contribution is -0.152. The number of rotatable bonds is 4. The predicted octanol–water partition coefficient (Wildman–Crippen LogP) is 4.58. The topological polar surface area (TPSA) is 17.1 Å². The van der Waals surface area contributed by atoms with E-state index in [1.165, 1.54) is 11.3 Å². The zero-order valence-electron chi connectivity index (χ0n) is 12.2. The summed E-state index contributed by atoms with van der Waals surface area (Å²) in [5, 5.41) is 0.385. The summed E-state index contributed by atoms with van der Waals surface area (Å²) >= 11 is 1.88. The van der Waals surface area contributed by atoms with Crippen molar-refractivity contribution in [3.05, 3.63) is 43.0 Å². The van der Waals surface area contributed by atoms with Crippen LogP contribution in [0.1, 0.15) is 26.7 Å². The molecule has 0 amide bonds. The fourth-order valence-corrected chi connectivity index (χ4v) is 5.59. The smallest absolute Gasteiger partial charge is 0.148 e. The van der Waals surface area contributed by atoms with Gasteiger partial charge in [-0.15, -0.1) is 18.3 Å². The number of carbonyl (C=O) groups excluding carboxylic acids is 1. The van der Waals surface area contributed by atoms with Crippen LogP contribution in [0, 0.1) is 23.2 Å². The molecule has 20 heavy (non-hydrogen) atoms. The third kappa shape index (κ3) is 1.88. The molecular weight excluding hydrogens is 264 g/mol. The van der Waals surface area contributed by atoms with Gasteiger partial charge >= 0.3 is 0 Å². The van der Waals surface area contributed by atoms with Crippen molar-refractivity contribution in [2.45, 2.75) is 36.8 Å². The van der Waals surface area contributed by atoms with E-state index in [1.807, 2.05) is 23.9 Å². The van der Waals surface area contributed by atoms with E-state index >= 15 is 0 Å². The fraction of sp³-hybridized carbons (Fsp3) is 0.500. The van der Waals surface area contributed by atoms with Crippen LogP contribution in [0.3, 0.4) is 0 Å². The molecule has 1 aromatic rings. The predicted molar refractivity (Wildman–Crippen MR) is 84.8 cm³/mol. The van der Waals surface area contributed by atoms with Crippen molar-refractivity contribution in [1.29, 1.82) is 0 Å². The van der Waals surface area contributed by atoms with E-state index in [9.17, 15) is 4.79 Å². The first-order valence-corrected chi connectivity index (χ1v) is 8.38. The number of allylic oxidation sites excluding steroid dienone is 1. The maximum atomic E-state index is 12.6. The van der Waals surface area contributed by atoms with Gasteiger partial charge in [-0.3, -0.25) is 4.79 Å². The van der Waals surface area contributed by atoms with Crippen LogP contribution >= 0.6 is 11.8 Å². The van der Waals surface area contributed by atoms with Gasteiger partial charge in [-0.25, -0.2) is 0 Å². The van der Waals surface area contributed by atoms with Crippen LogP contribution < -0.4 is 0 Å². The normalized spacial score (nSPS) is 35.8. The molecule has 0 spiro atoms. The molecule has 0 aromatic heterocycles. The van der Waals surface area contributed by atoms with E-state index in [4.69, 9.17) is 0 Å². The quantitative estimate of drug-likeness (QED) is 0.753. The average molecular weight is 286 g/mol. The van der Waals surface area contributed by atoms with Crippen molar-refractivity contribution in [2.24, 2.45) is 23.2 Å². The Bertz CT molecular complexity index is 521. The van der Waals surface area contributed by atoms with Crippen LogP contribution in [0.5, 0.6) is 0 Å². The lowest BCUT2D eigenvalue weighted by atomic mass is 9.47. The third-order valence-electron chi connectivity index (χ3n) is 5.17. The Hall–Kier alpha value is -1.02. The van der Waals surface area contributed by atoms with E-state index in [1.54, 1.807) is 0 Å². The van der Waals surface area contributed by atoms with Crippen molar-refractivity contribution < 1.29 is 4.79 Å². The van der Waals surface area contributed by atoms with Crippen LogP contribution in [0.25, 0.3) is 0 Å². The van der Waals surface area contributed by atoms with Crippen molar-refractivity contribution in [2.75, 3.05) is 0 Å². The molecule has 2 fully saturated rings. The second-order valence-electron chi connectivity index (χ2n) is 6.43. The highest BCUT2D eigenvalue weighted by atomic mass is 32.2. The molecule has 0 aliphatic heterocycles. The molecule has 2 heteroatoms. The van der Waals surface area contributed by atoms with E-state index < -0.39 is 0 Å². The first kappa shape index (κ1) is 13.9. The van der Waals surface area contributed by atoms with Crippen LogP contribution in [0.15, 0.2) is 47.9 Å². The van der Waals surface area contributed by atoms with E-state index in [0.717, 1.165) is 6.42 Å². The SMILES string of the molecule is C=C[C@@]12CC[C@@H](C(C)C)[C@@H](C1=O)[C@H]2Sc1ccccc1. The van der Waals surface area contributed by atoms with Gasteiger partial charge in [-0.1, -0.05) is 38.1 Å².